The second kappa shape index (κ2) is 3.17. The van der Waals surface area contributed by atoms with Crippen molar-refractivity contribution in [1.29, 1.82) is 5.41 Å². The van der Waals surface area contributed by atoms with Crippen molar-refractivity contribution in [2.45, 2.75) is 0 Å². The van der Waals surface area contributed by atoms with Gasteiger partial charge >= 0.3 is 0 Å². The van der Waals surface area contributed by atoms with Crippen LogP contribution >= 0.6 is 11.3 Å². The first-order valence-electron chi connectivity index (χ1n) is 2.84. The topological polar surface area (TPSA) is 49.9 Å². The van der Waals surface area contributed by atoms with Gasteiger partial charge in [0.2, 0.25) is 0 Å². The lowest BCUT2D eigenvalue weighted by atomic mass is 10.3. The van der Waals surface area contributed by atoms with E-state index in [-0.39, 0.29) is 0 Å². The minimum atomic E-state index is 0.657. The number of thiophene rings is 1. The van der Waals surface area contributed by atoms with Crippen molar-refractivity contribution in [3.05, 3.63) is 28.5 Å². The minimum Gasteiger partial charge on any atom is -0.398 e. The van der Waals surface area contributed by atoms with Crippen LogP contribution in [0, 0.1) is 5.41 Å². The highest BCUT2D eigenvalue weighted by atomic mass is 32.1. The van der Waals surface area contributed by atoms with Gasteiger partial charge in [-0.25, -0.2) is 0 Å². The Kier molecular flexibility index (Phi) is 2.23. The fourth-order valence-electron chi connectivity index (χ4n) is 0.615. The van der Waals surface area contributed by atoms with E-state index < -0.39 is 0 Å². The van der Waals surface area contributed by atoms with Gasteiger partial charge in [0.15, 0.2) is 0 Å². The monoisotopic (exact) mass is 152 g/mol. The molecule has 10 heavy (non-hydrogen) atoms. The summed E-state index contributed by atoms with van der Waals surface area (Å²) in [4.78, 5) is 1.02. The van der Waals surface area contributed by atoms with E-state index >= 15 is 0 Å². The second-order valence-electron chi connectivity index (χ2n) is 1.77. The predicted molar refractivity (Wildman–Crippen MR) is 45.3 cm³/mol. The van der Waals surface area contributed by atoms with Crippen molar-refractivity contribution in [2.75, 3.05) is 0 Å². The van der Waals surface area contributed by atoms with Gasteiger partial charge in [-0.05, 0) is 17.5 Å². The Balaban J connectivity index is 2.86. The molecule has 0 bridgehead atoms. The van der Waals surface area contributed by atoms with Crippen LogP contribution in [0.4, 0.5) is 0 Å². The van der Waals surface area contributed by atoms with Gasteiger partial charge in [0.1, 0.15) is 0 Å². The zero-order chi connectivity index (χ0) is 7.40. The highest BCUT2D eigenvalue weighted by molar-refractivity contribution is 7.11. The third kappa shape index (κ3) is 1.45. The molecule has 1 heterocycles. The second-order valence-corrected chi connectivity index (χ2v) is 2.71. The SMILES string of the molecule is N=C/C=C(\N)c1cccs1. The summed E-state index contributed by atoms with van der Waals surface area (Å²) < 4.78 is 0. The molecule has 0 aliphatic heterocycles. The Labute approximate surface area is 63.5 Å². The van der Waals surface area contributed by atoms with Crippen LogP contribution in [0.5, 0.6) is 0 Å². The van der Waals surface area contributed by atoms with Crippen LogP contribution in [0.1, 0.15) is 4.88 Å². The summed E-state index contributed by atoms with van der Waals surface area (Å²) in [5.74, 6) is 0. The number of hydrogen-bond acceptors (Lipinski definition) is 3. The van der Waals surface area contributed by atoms with E-state index in [1.807, 2.05) is 17.5 Å². The molecule has 52 valence electrons. The lowest BCUT2D eigenvalue weighted by Gasteiger charge is -1.91. The van der Waals surface area contributed by atoms with Gasteiger partial charge in [0.05, 0.1) is 5.70 Å². The van der Waals surface area contributed by atoms with Crippen LogP contribution in [0.3, 0.4) is 0 Å². The van der Waals surface area contributed by atoms with Crippen LogP contribution in [0.2, 0.25) is 0 Å². The molecule has 0 amide bonds. The highest BCUT2D eigenvalue weighted by Gasteiger charge is 1.93. The van der Waals surface area contributed by atoms with E-state index in [0.717, 1.165) is 4.88 Å². The van der Waals surface area contributed by atoms with E-state index in [1.54, 1.807) is 17.4 Å². The lowest BCUT2D eigenvalue weighted by molar-refractivity contribution is 1.56. The third-order valence-corrected chi connectivity index (χ3v) is 1.99. The van der Waals surface area contributed by atoms with Gasteiger partial charge in [0.25, 0.3) is 0 Å². The minimum absolute atomic E-state index is 0.657. The lowest BCUT2D eigenvalue weighted by Crippen LogP contribution is -1.92. The first kappa shape index (κ1) is 7.02. The smallest absolute Gasteiger partial charge is 0.0504 e. The maximum absolute atomic E-state index is 6.76. The fraction of sp³-hybridized carbons (Fsp3) is 0. The fourth-order valence-corrected chi connectivity index (χ4v) is 1.28. The highest BCUT2D eigenvalue weighted by Crippen LogP contribution is 2.14. The molecule has 2 nitrogen and oxygen atoms in total. The molecule has 0 spiro atoms. The van der Waals surface area contributed by atoms with Crippen LogP contribution < -0.4 is 5.73 Å². The third-order valence-electron chi connectivity index (χ3n) is 1.07. The van der Waals surface area contributed by atoms with E-state index in [2.05, 4.69) is 0 Å². The van der Waals surface area contributed by atoms with Crippen molar-refractivity contribution >= 4 is 23.2 Å². The molecule has 0 saturated carbocycles. The number of rotatable bonds is 2. The van der Waals surface area contributed by atoms with Crippen LogP contribution in [0.15, 0.2) is 23.6 Å². The van der Waals surface area contributed by atoms with Gasteiger partial charge in [-0.1, -0.05) is 6.07 Å². The molecule has 0 aliphatic rings. The maximum Gasteiger partial charge on any atom is 0.0504 e. The molecule has 0 aromatic carbocycles. The van der Waals surface area contributed by atoms with Crippen LogP contribution in [0.25, 0.3) is 5.70 Å². The van der Waals surface area contributed by atoms with Crippen molar-refractivity contribution in [1.82, 2.24) is 0 Å². The van der Waals surface area contributed by atoms with Gasteiger partial charge < -0.3 is 11.1 Å². The van der Waals surface area contributed by atoms with Crippen molar-refractivity contribution < 1.29 is 0 Å². The van der Waals surface area contributed by atoms with Crippen molar-refractivity contribution in [3.63, 3.8) is 0 Å². The predicted octanol–water partition coefficient (Wildman–Crippen LogP) is 1.70. The normalized spacial score (nSPS) is 11.4. The van der Waals surface area contributed by atoms with Crippen molar-refractivity contribution in [2.24, 2.45) is 5.73 Å². The van der Waals surface area contributed by atoms with Gasteiger partial charge in [-0.3, -0.25) is 0 Å². The van der Waals surface area contributed by atoms with Crippen LogP contribution in [-0.2, 0) is 0 Å². The molecule has 0 saturated heterocycles. The summed E-state index contributed by atoms with van der Waals surface area (Å²) in [7, 11) is 0. The summed E-state index contributed by atoms with van der Waals surface area (Å²) in [6.07, 6.45) is 2.76. The Bertz CT molecular complexity index is 236. The standard InChI is InChI=1S/C7H8N2S/c8-4-3-6(9)7-2-1-5-10-7/h1-5,8H,9H2/b6-3-,8-4?. The number of allylic oxidation sites excluding steroid dienone is 1. The summed E-state index contributed by atoms with van der Waals surface area (Å²) in [5, 5.41) is 8.72. The summed E-state index contributed by atoms with van der Waals surface area (Å²) in [5.41, 5.74) is 6.23. The zero-order valence-corrected chi connectivity index (χ0v) is 6.19. The van der Waals surface area contributed by atoms with Crippen LogP contribution in [-0.4, -0.2) is 6.21 Å². The molecule has 3 N–H and O–H groups in total. The quantitative estimate of drug-likeness (QED) is 0.622. The number of nitrogens with one attached hydrogen (secondary N) is 1. The average Bonchev–Trinajstić information content (AvgIpc) is 2.38. The van der Waals surface area contributed by atoms with Gasteiger partial charge in [-0.15, -0.1) is 11.3 Å². The first-order valence-corrected chi connectivity index (χ1v) is 3.72. The number of hydrogen-bond donors (Lipinski definition) is 2. The summed E-state index contributed by atoms with van der Waals surface area (Å²) in [6.45, 7) is 0. The molecule has 3 heteroatoms. The molecule has 0 aliphatic carbocycles. The Morgan fingerprint density at radius 1 is 1.70 bits per heavy atom. The molecule has 0 unspecified atom stereocenters. The molecule has 0 atom stereocenters. The molecular weight excluding hydrogens is 144 g/mol. The van der Waals surface area contributed by atoms with E-state index in [4.69, 9.17) is 11.1 Å². The zero-order valence-electron chi connectivity index (χ0n) is 5.37. The number of nitrogens with two attached hydrogens (primary N) is 1. The molecule has 0 radical (unpaired) electrons. The first-order chi connectivity index (χ1) is 4.84. The molecule has 0 fully saturated rings. The van der Waals surface area contributed by atoms with E-state index in [9.17, 15) is 0 Å². The molecule has 1 aromatic heterocycles. The van der Waals surface area contributed by atoms with E-state index in [0.29, 0.717) is 5.70 Å². The maximum atomic E-state index is 6.76. The largest absolute Gasteiger partial charge is 0.398 e. The van der Waals surface area contributed by atoms with Crippen molar-refractivity contribution in [3.8, 4) is 0 Å². The summed E-state index contributed by atoms with van der Waals surface area (Å²) in [6, 6.07) is 3.87. The van der Waals surface area contributed by atoms with Gasteiger partial charge in [-0.2, -0.15) is 0 Å². The van der Waals surface area contributed by atoms with Gasteiger partial charge in [0, 0.05) is 11.1 Å². The molecule has 1 aromatic rings. The van der Waals surface area contributed by atoms with E-state index in [1.165, 1.54) is 6.21 Å². The Hall–Kier alpha value is -1.09. The summed E-state index contributed by atoms with van der Waals surface area (Å²) >= 11 is 1.57. The Morgan fingerprint density at radius 2 is 2.50 bits per heavy atom. The Morgan fingerprint density at radius 3 is 3.00 bits per heavy atom. The molecule has 1 rings (SSSR count). The average molecular weight is 152 g/mol. The molecular formula is C7H8N2S.